The largest absolute Gasteiger partial charge is 0.316 e. The molecule has 0 bridgehead atoms. The monoisotopic (exact) mass is 266 g/mol. The highest BCUT2D eigenvalue weighted by molar-refractivity contribution is 5.96. The molecule has 0 saturated heterocycles. The van der Waals surface area contributed by atoms with Crippen LogP contribution in [0, 0.1) is 5.82 Å². The number of hydrogen-bond acceptors (Lipinski definition) is 2. The van der Waals surface area contributed by atoms with Crippen molar-refractivity contribution < 1.29 is 4.39 Å². The van der Waals surface area contributed by atoms with Crippen LogP contribution in [-0.2, 0) is 6.54 Å². The molecule has 1 heterocycles. The predicted octanol–water partition coefficient (Wildman–Crippen LogP) is 3.76. The third kappa shape index (κ3) is 2.28. The van der Waals surface area contributed by atoms with Crippen molar-refractivity contribution in [2.75, 3.05) is 7.05 Å². The van der Waals surface area contributed by atoms with Crippen molar-refractivity contribution in [3.63, 3.8) is 0 Å². The molecule has 0 saturated carbocycles. The zero-order chi connectivity index (χ0) is 13.9. The number of benzene rings is 2. The Kier molecular flexibility index (Phi) is 3.44. The fraction of sp³-hybridized carbons (Fsp3) is 0.118. The lowest BCUT2D eigenvalue weighted by molar-refractivity contribution is 0.601. The van der Waals surface area contributed by atoms with Crippen LogP contribution in [0.2, 0.25) is 0 Å². The summed E-state index contributed by atoms with van der Waals surface area (Å²) in [7, 11) is 1.81. The first-order valence-corrected chi connectivity index (χ1v) is 6.56. The van der Waals surface area contributed by atoms with Gasteiger partial charge in [0.2, 0.25) is 0 Å². The lowest BCUT2D eigenvalue weighted by Gasteiger charge is -2.09. The van der Waals surface area contributed by atoms with Gasteiger partial charge in [-0.15, -0.1) is 0 Å². The van der Waals surface area contributed by atoms with Gasteiger partial charge in [-0.05, 0) is 41.8 Å². The third-order valence-electron chi connectivity index (χ3n) is 3.41. The number of pyridine rings is 1. The Balaban J connectivity index is 2.18. The summed E-state index contributed by atoms with van der Waals surface area (Å²) in [6.07, 6.45) is 3.63. The normalized spacial score (nSPS) is 10.9. The van der Waals surface area contributed by atoms with Crippen LogP contribution in [0.4, 0.5) is 4.39 Å². The van der Waals surface area contributed by atoms with E-state index in [-0.39, 0.29) is 5.82 Å². The Morgan fingerprint density at radius 2 is 2.05 bits per heavy atom. The Hall–Kier alpha value is -2.26. The Bertz CT molecular complexity index is 748. The highest BCUT2D eigenvalue weighted by Crippen LogP contribution is 2.29. The number of aromatic nitrogens is 1. The molecule has 0 amide bonds. The molecule has 0 radical (unpaired) electrons. The van der Waals surface area contributed by atoms with Crippen molar-refractivity contribution in [3.8, 4) is 11.1 Å². The number of nitrogens with zero attached hydrogens (tertiary/aromatic N) is 1. The maximum Gasteiger partial charge on any atom is 0.127 e. The number of fused-ring (bicyclic) bond motifs is 1. The fourth-order valence-corrected chi connectivity index (χ4v) is 2.43. The van der Waals surface area contributed by atoms with Crippen molar-refractivity contribution in [2.24, 2.45) is 0 Å². The van der Waals surface area contributed by atoms with Gasteiger partial charge in [0.05, 0.1) is 0 Å². The lowest BCUT2D eigenvalue weighted by Crippen LogP contribution is -2.07. The SMILES string of the molecule is CNCc1cc(-c2cccc3ccncc23)ccc1F. The highest BCUT2D eigenvalue weighted by atomic mass is 19.1. The van der Waals surface area contributed by atoms with E-state index in [2.05, 4.69) is 16.4 Å². The minimum absolute atomic E-state index is 0.179. The van der Waals surface area contributed by atoms with E-state index in [0.717, 1.165) is 21.9 Å². The number of rotatable bonds is 3. The zero-order valence-corrected chi connectivity index (χ0v) is 11.2. The van der Waals surface area contributed by atoms with Gasteiger partial charge in [0.25, 0.3) is 0 Å². The summed E-state index contributed by atoms with van der Waals surface area (Å²) in [6.45, 7) is 0.517. The van der Waals surface area contributed by atoms with E-state index < -0.39 is 0 Å². The van der Waals surface area contributed by atoms with Crippen molar-refractivity contribution in [1.29, 1.82) is 0 Å². The molecule has 1 aromatic heterocycles. The van der Waals surface area contributed by atoms with Gasteiger partial charge in [-0.2, -0.15) is 0 Å². The average Bonchev–Trinajstić information content (AvgIpc) is 2.49. The van der Waals surface area contributed by atoms with E-state index in [1.54, 1.807) is 6.20 Å². The van der Waals surface area contributed by atoms with Crippen molar-refractivity contribution in [3.05, 3.63) is 66.2 Å². The standard InChI is InChI=1S/C17H15FN2/c1-19-10-14-9-13(5-6-17(14)18)15-4-2-3-12-7-8-20-11-16(12)15/h2-9,11,19H,10H2,1H3. The fourth-order valence-electron chi connectivity index (χ4n) is 2.43. The molecule has 100 valence electrons. The topological polar surface area (TPSA) is 24.9 Å². The molecular weight excluding hydrogens is 251 g/mol. The quantitative estimate of drug-likeness (QED) is 0.780. The van der Waals surface area contributed by atoms with Gasteiger partial charge in [-0.1, -0.05) is 24.3 Å². The highest BCUT2D eigenvalue weighted by Gasteiger charge is 2.07. The van der Waals surface area contributed by atoms with E-state index >= 15 is 0 Å². The summed E-state index contributed by atoms with van der Waals surface area (Å²) >= 11 is 0. The van der Waals surface area contributed by atoms with E-state index in [0.29, 0.717) is 12.1 Å². The summed E-state index contributed by atoms with van der Waals surface area (Å²) in [4.78, 5) is 4.19. The molecule has 0 aliphatic heterocycles. The van der Waals surface area contributed by atoms with Gasteiger partial charge in [0.15, 0.2) is 0 Å². The molecule has 0 fully saturated rings. The van der Waals surface area contributed by atoms with Crippen molar-refractivity contribution in [1.82, 2.24) is 10.3 Å². The van der Waals surface area contributed by atoms with Crippen LogP contribution >= 0.6 is 0 Å². The zero-order valence-electron chi connectivity index (χ0n) is 11.2. The molecule has 1 N–H and O–H groups in total. The molecule has 0 unspecified atom stereocenters. The smallest absolute Gasteiger partial charge is 0.127 e. The molecule has 3 heteroatoms. The first-order chi connectivity index (χ1) is 9.79. The van der Waals surface area contributed by atoms with E-state index in [1.165, 1.54) is 6.07 Å². The van der Waals surface area contributed by atoms with E-state index in [4.69, 9.17) is 0 Å². The van der Waals surface area contributed by atoms with Crippen LogP contribution in [0.5, 0.6) is 0 Å². The molecule has 0 aliphatic rings. The molecule has 0 aliphatic carbocycles. The average molecular weight is 266 g/mol. The van der Waals surface area contributed by atoms with Gasteiger partial charge >= 0.3 is 0 Å². The summed E-state index contributed by atoms with van der Waals surface area (Å²) in [5.41, 5.74) is 2.76. The predicted molar refractivity (Wildman–Crippen MR) is 79.9 cm³/mol. The second kappa shape index (κ2) is 5.39. The number of nitrogens with one attached hydrogen (secondary N) is 1. The molecule has 2 nitrogen and oxygen atoms in total. The Labute approximate surface area is 117 Å². The molecule has 2 aromatic carbocycles. The molecule has 0 atom stereocenters. The molecule has 3 aromatic rings. The van der Waals surface area contributed by atoms with E-state index in [9.17, 15) is 4.39 Å². The number of halogens is 1. The van der Waals surface area contributed by atoms with Crippen molar-refractivity contribution >= 4 is 10.8 Å². The van der Waals surface area contributed by atoms with Crippen LogP contribution in [0.25, 0.3) is 21.9 Å². The Morgan fingerprint density at radius 1 is 1.15 bits per heavy atom. The minimum atomic E-state index is -0.179. The summed E-state index contributed by atoms with van der Waals surface area (Å²) in [5, 5.41) is 5.20. The van der Waals surface area contributed by atoms with Crippen LogP contribution < -0.4 is 5.32 Å². The molecule has 20 heavy (non-hydrogen) atoms. The summed E-state index contributed by atoms with van der Waals surface area (Å²) in [5.74, 6) is -0.179. The van der Waals surface area contributed by atoms with E-state index in [1.807, 2.05) is 43.6 Å². The maximum absolute atomic E-state index is 13.7. The lowest BCUT2D eigenvalue weighted by atomic mass is 9.98. The van der Waals surface area contributed by atoms with Crippen LogP contribution in [0.3, 0.4) is 0 Å². The Morgan fingerprint density at radius 3 is 2.90 bits per heavy atom. The van der Waals surface area contributed by atoms with Gasteiger partial charge in [0.1, 0.15) is 5.82 Å². The van der Waals surface area contributed by atoms with Gasteiger partial charge in [0, 0.05) is 29.9 Å². The minimum Gasteiger partial charge on any atom is -0.316 e. The van der Waals surface area contributed by atoms with Gasteiger partial charge in [-0.3, -0.25) is 4.98 Å². The molecule has 3 rings (SSSR count). The van der Waals surface area contributed by atoms with Crippen LogP contribution in [0.15, 0.2) is 54.9 Å². The number of hydrogen-bond donors (Lipinski definition) is 1. The molecular formula is C17H15FN2. The van der Waals surface area contributed by atoms with Crippen LogP contribution in [0.1, 0.15) is 5.56 Å². The van der Waals surface area contributed by atoms with Gasteiger partial charge in [-0.25, -0.2) is 4.39 Å². The summed E-state index contributed by atoms with van der Waals surface area (Å²) in [6, 6.07) is 13.3. The first kappa shape index (κ1) is 12.8. The van der Waals surface area contributed by atoms with Crippen LogP contribution in [-0.4, -0.2) is 12.0 Å². The second-order valence-electron chi connectivity index (χ2n) is 4.74. The maximum atomic E-state index is 13.7. The summed E-state index contributed by atoms with van der Waals surface area (Å²) < 4.78 is 13.7. The van der Waals surface area contributed by atoms with Crippen molar-refractivity contribution in [2.45, 2.75) is 6.54 Å². The van der Waals surface area contributed by atoms with Gasteiger partial charge < -0.3 is 5.32 Å². The first-order valence-electron chi connectivity index (χ1n) is 6.56. The third-order valence-corrected chi connectivity index (χ3v) is 3.41. The second-order valence-corrected chi connectivity index (χ2v) is 4.74. The molecule has 0 spiro atoms.